The Morgan fingerprint density at radius 3 is 2.59 bits per heavy atom. The molecule has 6 heteroatoms. The summed E-state index contributed by atoms with van der Waals surface area (Å²) in [7, 11) is 0. The largest absolute Gasteiger partial charge is 0.322 e. The number of benzene rings is 2. The van der Waals surface area contributed by atoms with Crippen molar-refractivity contribution in [1.82, 2.24) is 9.80 Å². The first kappa shape index (κ1) is 22.3. The fourth-order valence-electron chi connectivity index (χ4n) is 4.94. The van der Waals surface area contributed by atoms with Crippen molar-refractivity contribution in [3.8, 4) is 6.07 Å². The van der Waals surface area contributed by atoms with Gasteiger partial charge in [0.1, 0.15) is 5.82 Å². The zero-order chi connectivity index (χ0) is 22.3. The number of urea groups is 1. The lowest BCUT2D eigenvalue weighted by Gasteiger charge is -2.40. The van der Waals surface area contributed by atoms with Crippen LogP contribution in [0.3, 0.4) is 0 Å². The predicted molar refractivity (Wildman–Crippen MR) is 124 cm³/mol. The Kier molecular flexibility index (Phi) is 7.39. The van der Waals surface area contributed by atoms with Gasteiger partial charge in [0.05, 0.1) is 11.6 Å². The average Bonchev–Trinajstić information content (AvgIpc) is 2.82. The molecular weight excluding hydrogens is 403 g/mol. The number of hydrogen-bond donors (Lipinski definition) is 1. The molecular formula is C26H31FN4O. The summed E-state index contributed by atoms with van der Waals surface area (Å²) in [6.07, 6.45) is 6.49. The SMILES string of the molecule is N#Cc1cccc(NC(=O)N2CCCCC2CN2CCC(Cc3ccc(F)cc3)CC2)c1. The molecule has 0 bridgehead atoms. The number of carbonyl (C=O) groups excluding carboxylic acids is 1. The quantitative estimate of drug-likeness (QED) is 0.717. The second kappa shape index (κ2) is 10.6. The van der Waals surface area contributed by atoms with Gasteiger partial charge in [0.2, 0.25) is 0 Å². The van der Waals surface area contributed by atoms with Crippen LogP contribution in [0.5, 0.6) is 0 Å². The lowest BCUT2D eigenvalue weighted by atomic mass is 9.89. The van der Waals surface area contributed by atoms with E-state index in [1.807, 2.05) is 23.1 Å². The van der Waals surface area contributed by atoms with Crippen LogP contribution in [-0.4, -0.2) is 48.1 Å². The summed E-state index contributed by atoms with van der Waals surface area (Å²) in [6, 6.07) is 16.2. The third kappa shape index (κ3) is 5.86. The van der Waals surface area contributed by atoms with Gasteiger partial charge in [0.15, 0.2) is 0 Å². The van der Waals surface area contributed by atoms with Gasteiger partial charge in [0.25, 0.3) is 0 Å². The number of amides is 2. The zero-order valence-electron chi connectivity index (χ0n) is 18.5. The highest BCUT2D eigenvalue weighted by atomic mass is 19.1. The van der Waals surface area contributed by atoms with Gasteiger partial charge < -0.3 is 15.1 Å². The molecule has 0 saturated carbocycles. The number of rotatable bonds is 5. The Hall–Kier alpha value is -2.91. The van der Waals surface area contributed by atoms with E-state index in [0.717, 1.165) is 64.7 Å². The zero-order valence-corrected chi connectivity index (χ0v) is 18.5. The van der Waals surface area contributed by atoms with Gasteiger partial charge >= 0.3 is 6.03 Å². The van der Waals surface area contributed by atoms with E-state index in [4.69, 9.17) is 5.26 Å². The molecule has 1 unspecified atom stereocenters. The minimum Gasteiger partial charge on any atom is -0.320 e. The van der Waals surface area contributed by atoms with Crippen LogP contribution in [0.2, 0.25) is 0 Å². The first-order valence-electron chi connectivity index (χ1n) is 11.7. The van der Waals surface area contributed by atoms with Crippen LogP contribution in [0.15, 0.2) is 48.5 Å². The van der Waals surface area contributed by atoms with Crippen LogP contribution in [0, 0.1) is 23.1 Å². The Balaban J connectivity index is 1.29. The molecule has 2 aliphatic rings. The Bertz CT molecular complexity index is 947. The maximum Gasteiger partial charge on any atom is 0.322 e. The van der Waals surface area contributed by atoms with Crippen LogP contribution in [0.1, 0.15) is 43.2 Å². The lowest BCUT2D eigenvalue weighted by molar-refractivity contribution is 0.106. The molecule has 1 atom stereocenters. The van der Waals surface area contributed by atoms with Gasteiger partial charge in [-0.2, -0.15) is 5.26 Å². The molecule has 1 N–H and O–H groups in total. The molecule has 2 fully saturated rings. The molecule has 168 valence electrons. The van der Waals surface area contributed by atoms with Crippen LogP contribution in [0.25, 0.3) is 0 Å². The Labute approximate surface area is 189 Å². The first-order valence-corrected chi connectivity index (χ1v) is 11.7. The van der Waals surface area contributed by atoms with E-state index in [0.29, 0.717) is 17.2 Å². The van der Waals surface area contributed by atoms with E-state index in [-0.39, 0.29) is 17.9 Å². The van der Waals surface area contributed by atoms with Crippen molar-refractivity contribution in [3.63, 3.8) is 0 Å². The minimum absolute atomic E-state index is 0.0732. The molecule has 2 heterocycles. The number of likely N-dealkylation sites (tertiary alicyclic amines) is 2. The van der Waals surface area contributed by atoms with E-state index in [2.05, 4.69) is 16.3 Å². The number of hydrogen-bond acceptors (Lipinski definition) is 3. The predicted octanol–water partition coefficient (Wildman–Crippen LogP) is 5.04. The summed E-state index contributed by atoms with van der Waals surface area (Å²) < 4.78 is 13.1. The molecule has 0 radical (unpaired) electrons. The summed E-state index contributed by atoms with van der Waals surface area (Å²) in [5, 5.41) is 12.1. The highest BCUT2D eigenvalue weighted by Crippen LogP contribution is 2.25. The molecule has 32 heavy (non-hydrogen) atoms. The first-order chi connectivity index (χ1) is 15.6. The monoisotopic (exact) mass is 434 g/mol. The van der Waals surface area contributed by atoms with Crippen LogP contribution >= 0.6 is 0 Å². The fourth-order valence-corrected chi connectivity index (χ4v) is 4.94. The second-order valence-corrected chi connectivity index (χ2v) is 9.04. The molecule has 0 aliphatic carbocycles. The molecule has 4 rings (SSSR count). The van der Waals surface area contributed by atoms with Crippen LogP contribution in [-0.2, 0) is 6.42 Å². The third-order valence-electron chi connectivity index (χ3n) is 6.74. The Morgan fingerprint density at radius 2 is 1.84 bits per heavy atom. The maximum absolute atomic E-state index is 13.1. The van der Waals surface area contributed by atoms with Gasteiger partial charge in [-0.1, -0.05) is 18.2 Å². The van der Waals surface area contributed by atoms with Gasteiger partial charge in [-0.15, -0.1) is 0 Å². The normalized spacial score (nSPS) is 20.0. The number of nitrogens with zero attached hydrogens (tertiary/aromatic N) is 3. The van der Waals surface area contributed by atoms with E-state index in [1.165, 1.54) is 5.56 Å². The fraction of sp³-hybridized carbons (Fsp3) is 0.462. The summed E-state index contributed by atoms with van der Waals surface area (Å²) in [6.45, 7) is 3.77. The van der Waals surface area contributed by atoms with E-state index in [9.17, 15) is 9.18 Å². The van der Waals surface area contributed by atoms with Crippen molar-refractivity contribution in [2.24, 2.45) is 5.92 Å². The van der Waals surface area contributed by atoms with Gasteiger partial charge in [0, 0.05) is 24.8 Å². The standard InChI is InChI=1S/C26H31FN4O/c27-23-9-7-20(8-10-23)16-21-11-14-30(15-12-21)19-25-6-1-2-13-31(25)26(32)29-24-5-3-4-22(17-24)18-28/h3-5,7-10,17,21,25H,1-2,6,11-16,19H2,(H,29,32). The molecule has 2 amide bonds. The van der Waals surface area contributed by atoms with Gasteiger partial charge in [-0.25, -0.2) is 9.18 Å². The van der Waals surface area contributed by atoms with E-state index >= 15 is 0 Å². The van der Waals surface area contributed by atoms with Crippen molar-refractivity contribution in [3.05, 3.63) is 65.5 Å². The maximum atomic E-state index is 13.1. The molecule has 2 saturated heterocycles. The van der Waals surface area contributed by atoms with Crippen LogP contribution in [0.4, 0.5) is 14.9 Å². The molecule has 5 nitrogen and oxygen atoms in total. The van der Waals surface area contributed by atoms with Crippen molar-refractivity contribution >= 4 is 11.7 Å². The number of carbonyl (C=O) groups is 1. The Morgan fingerprint density at radius 1 is 1.06 bits per heavy atom. The summed E-state index contributed by atoms with van der Waals surface area (Å²) >= 11 is 0. The molecule has 2 aromatic rings. The topological polar surface area (TPSA) is 59.4 Å². The van der Waals surface area contributed by atoms with E-state index < -0.39 is 0 Å². The summed E-state index contributed by atoms with van der Waals surface area (Å²) in [4.78, 5) is 17.5. The average molecular weight is 435 g/mol. The molecule has 0 spiro atoms. The van der Waals surface area contributed by atoms with E-state index in [1.54, 1.807) is 30.3 Å². The number of anilines is 1. The summed E-state index contributed by atoms with van der Waals surface area (Å²) in [5.41, 5.74) is 2.42. The van der Waals surface area contributed by atoms with Crippen molar-refractivity contribution in [1.29, 1.82) is 5.26 Å². The van der Waals surface area contributed by atoms with Gasteiger partial charge in [-0.3, -0.25) is 0 Å². The van der Waals surface area contributed by atoms with Gasteiger partial charge in [-0.05, 0) is 93.4 Å². The highest BCUT2D eigenvalue weighted by molar-refractivity contribution is 5.89. The number of piperidine rings is 2. The minimum atomic E-state index is -0.178. The molecule has 2 aliphatic heterocycles. The summed E-state index contributed by atoms with van der Waals surface area (Å²) in [5.74, 6) is 0.456. The highest BCUT2D eigenvalue weighted by Gasteiger charge is 2.30. The second-order valence-electron chi connectivity index (χ2n) is 9.04. The van der Waals surface area contributed by atoms with Crippen molar-refractivity contribution < 1.29 is 9.18 Å². The van der Waals surface area contributed by atoms with Crippen molar-refractivity contribution in [2.75, 3.05) is 31.5 Å². The molecule has 0 aromatic heterocycles. The molecule has 2 aromatic carbocycles. The smallest absolute Gasteiger partial charge is 0.320 e. The number of nitrogens with one attached hydrogen (secondary N) is 1. The van der Waals surface area contributed by atoms with Crippen molar-refractivity contribution in [2.45, 2.75) is 44.6 Å². The third-order valence-corrected chi connectivity index (χ3v) is 6.74. The lowest BCUT2D eigenvalue weighted by Crippen LogP contribution is -2.52. The number of halogens is 1. The number of nitriles is 1. The van der Waals surface area contributed by atoms with Crippen LogP contribution < -0.4 is 5.32 Å².